The maximum atomic E-state index is 14.1. The Kier molecular flexibility index (Phi) is 9.41. The normalized spacial score (nSPS) is 21.3. The highest BCUT2D eigenvalue weighted by Crippen LogP contribution is 2.50. The van der Waals surface area contributed by atoms with Crippen LogP contribution >= 0.6 is 15.9 Å². The molecule has 0 bridgehead atoms. The number of anilines is 3. The molecule has 11 nitrogen and oxygen atoms in total. The van der Waals surface area contributed by atoms with Gasteiger partial charge in [-0.2, -0.15) is 0 Å². The smallest absolute Gasteiger partial charge is 0.420 e. The molecule has 5 heterocycles. The maximum absolute atomic E-state index is 14.1. The van der Waals surface area contributed by atoms with Crippen LogP contribution < -0.4 is 14.5 Å². The van der Waals surface area contributed by atoms with Crippen molar-refractivity contribution in [3.8, 4) is 5.75 Å². The summed E-state index contributed by atoms with van der Waals surface area (Å²) in [5, 5.41) is 0. The fourth-order valence-corrected chi connectivity index (χ4v) is 7.38. The second-order valence-electron chi connectivity index (χ2n) is 14.9. The Morgan fingerprint density at radius 1 is 0.915 bits per heavy atom. The molecule has 0 saturated carbocycles. The zero-order valence-corrected chi connectivity index (χ0v) is 30.3. The van der Waals surface area contributed by atoms with Crippen LogP contribution in [-0.2, 0) is 14.2 Å². The Morgan fingerprint density at radius 2 is 1.55 bits per heavy atom. The molecule has 4 aliphatic rings. The van der Waals surface area contributed by atoms with Crippen LogP contribution in [0.15, 0.2) is 28.9 Å². The van der Waals surface area contributed by atoms with Crippen LogP contribution in [0.3, 0.4) is 0 Å². The van der Waals surface area contributed by atoms with Crippen LogP contribution in [0.2, 0.25) is 0 Å². The maximum Gasteiger partial charge on any atom is 0.420 e. The molecule has 47 heavy (non-hydrogen) atoms. The van der Waals surface area contributed by atoms with Gasteiger partial charge in [0.25, 0.3) is 0 Å². The van der Waals surface area contributed by atoms with E-state index in [4.69, 9.17) is 23.9 Å². The number of fused-ring (bicyclic) bond motifs is 2. The molecule has 0 radical (unpaired) electrons. The number of pyridine rings is 1. The van der Waals surface area contributed by atoms with Gasteiger partial charge in [0, 0.05) is 44.1 Å². The number of hydrogen-bond acceptors (Lipinski definition) is 9. The number of likely N-dealkylation sites (tertiary alicyclic amines) is 2. The summed E-state index contributed by atoms with van der Waals surface area (Å²) in [5.41, 5.74) is 2.39. The predicted octanol–water partition coefficient (Wildman–Crippen LogP) is 7.01. The first kappa shape index (κ1) is 33.8. The Hall–Kier alpha value is -3.09. The second-order valence-corrected chi connectivity index (χ2v) is 15.8. The molecule has 3 saturated heterocycles. The van der Waals surface area contributed by atoms with E-state index in [9.17, 15) is 9.59 Å². The summed E-state index contributed by atoms with van der Waals surface area (Å²) in [6.45, 7) is 19.3. The average molecular weight is 715 g/mol. The molecule has 0 spiro atoms. The van der Waals surface area contributed by atoms with E-state index in [0.717, 1.165) is 60.3 Å². The lowest BCUT2D eigenvalue weighted by molar-refractivity contribution is -0.0196. The monoisotopic (exact) mass is 713 g/mol. The van der Waals surface area contributed by atoms with Gasteiger partial charge in [0.1, 0.15) is 17.3 Å². The van der Waals surface area contributed by atoms with Crippen molar-refractivity contribution in [1.82, 2.24) is 14.8 Å². The summed E-state index contributed by atoms with van der Waals surface area (Å²) in [7, 11) is 0. The first-order valence-corrected chi connectivity index (χ1v) is 17.5. The van der Waals surface area contributed by atoms with E-state index in [1.165, 1.54) is 0 Å². The number of halogens is 1. The standard InChI is InChI=1S/C35H48BrN5O6/c1-22-29-27(39-14-16-44-17-15-39)8-11-37-31(29)41(33(43)47-35(5,6)7)28-19-24(18-26(36)30(28)45-22)23-9-12-38(13-10-23)25-20-40(21-25)32(42)46-34(2,3)4/h8,11,18-19,22-23,25H,9-10,12-17,20-21H2,1-7H3. The van der Waals surface area contributed by atoms with Gasteiger partial charge < -0.3 is 28.7 Å². The molecule has 6 rings (SSSR count). The molecule has 4 aliphatic heterocycles. The molecule has 0 aliphatic carbocycles. The van der Waals surface area contributed by atoms with E-state index < -0.39 is 17.3 Å². The van der Waals surface area contributed by atoms with Crippen molar-refractivity contribution in [2.24, 2.45) is 0 Å². The quantitative estimate of drug-likeness (QED) is 0.333. The third-order valence-electron chi connectivity index (χ3n) is 9.11. The minimum atomic E-state index is -0.708. The Labute approximate surface area is 286 Å². The fraction of sp³-hybridized carbons (Fsp3) is 0.629. The van der Waals surface area contributed by atoms with Gasteiger partial charge in [-0.3, -0.25) is 4.90 Å². The van der Waals surface area contributed by atoms with Gasteiger partial charge in [0.2, 0.25) is 0 Å². The first-order chi connectivity index (χ1) is 22.2. The third-order valence-corrected chi connectivity index (χ3v) is 9.69. The second kappa shape index (κ2) is 13.1. The van der Waals surface area contributed by atoms with Crippen molar-refractivity contribution >= 4 is 45.3 Å². The summed E-state index contributed by atoms with van der Waals surface area (Å²) in [4.78, 5) is 39.5. The lowest BCUT2D eigenvalue weighted by Gasteiger charge is -2.47. The zero-order valence-electron chi connectivity index (χ0n) is 28.7. The van der Waals surface area contributed by atoms with E-state index in [-0.39, 0.29) is 12.2 Å². The van der Waals surface area contributed by atoms with Gasteiger partial charge >= 0.3 is 12.2 Å². The zero-order chi connectivity index (χ0) is 33.7. The SMILES string of the molecule is CC1Oc2c(Br)cc(C3CCN(C4CN(C(=O)OC(C)(C)C)C4)CC3)cc2N(C(=O)OC(C)(C)C)c2nccc(N3CCOCC3)c21. The number of nitrogens with zero attached hydrogens (tertiary/aromatic N) is 5. The molecule has 0 N–H and O–H groups in total. The molecular weight excluding hydrogens is 666 g/mol. The molecule has 1 atom stereocenters. The van der Waals surface area contributed by atoms with Gasteiger partial charge in [-0.15, -0.1) is 0 Å². The minimum Gasteiger partial charge on any atom is -0.482 e. The van der Waals surface area contributed by atoms with Crippen LogP contribution in [0.4, 0.5) is 26.8 Å². The molecule has 1 aromatic heterocycles. The molecule has 12 heteroatoms. The van der Waals surface area contributed by atoms with Gasteiger partial charge in [0.05, 0.1) is 28.9 Å². The first-order valence-electron chi connectivity index (χ1n) is 16.8. The highest BCUT2D eigenvalue weighted by atomic mass is 79.9. The van der Waals surface area contributed by atoms with E-state index in [1.807, 2.05) is 54.5 Å². The number of morpholine rings is 1. The van der Waals surface area contributed by atoms with Crippen molar-refractivity contribution in [3.05, 3.63) is 40.0 Å². The largest absolute Gasteiger partial charge is 0.482 e. The Balaban J connectivity index is 1.27. The molecular formula is C35H48BrN5O6. The van der Waals surface area contributed by atoms with Gasteiger partial charge in [-0.25, -0.2) is 19.5 Å². The topological polar surface area (TPSA) is 96.9 Å². The lowest BCUT2D eigenvalue weighted by atomic mass is 9.88. The number of ether oxygens (including phenoxy) is 4. The summed E-state index contributed by atoms with van der Waals surface area (Å²) in [6, 6.07) is 6.57. The van der Waals surface area contributed by atoms with Crippen LogP contribution in [0.25, 0.3) is 0 Å². The van der Waals surface area contributed by atoms with Crippen molar-refractivity contribution in [3.63, 3.8) is 0 Å². The summed E-state index contributed by atoms with van der Waals surface area (Å²) < 4.78 is 24.6. The van der Waals surface area contributed by atoms with Crippen molar-refractivity contribution in [2.75, 3.05) is 62.3 Å². The molecule has 2 amide bonds. The van der Waals surface area contributed by atoms with Crippen LogP contribution in [0, 0.1) is 0 Å². The lowest BCUT2D eigenvalue weighted by Crippen LogP contribution is -2.62. The summed E-state index contributed by atoms with van der Waals surface area (Å²) in [6.07, 6.45) is 2.58. The van der Waals surface area contributed by atoms with Crippen molar-refractivity contribution in [1.29, 1.82) is 0 Å². The highest BCUT2D eigenvalue weighted by Gasteiger charge is 2.40. The number of aromatic nitrogens is 1. The number of piperidine rings is 1. The number of amides is 2. The van der Waals surface area contributed by atoms with Crippen LogP contribution in [0.5, 0.6) is 5.75 Å². The predicted molar refractivity (Wildman–Crippen MR) is 184 cm³/mol. The third kappa shape index (κ3) is 7.34. The van der Waals surface area contributed by atoms with Gasteiger partial charge in [-0.1, -0.05) is 0 Å². The van der Waals surface area contributed by atoms with Gasteiger partial charge in [0.15, 0.2) is 11.6 Å². The van der Waals surface area contributed by atoms with E-state index >= 15 is 0 Å². The molecule has 3 fully saturated rings. The molecule has 2 aromatic rings. The number of hydrogen-bond donors (Lipinski definition) is 0. The van der Waals surface area contributed by atoms with E-state index in [1.54, 1.807) is 16.0 Å². The summed E-state index contributed by atoms with van der Waals surface area (Å²) >= 11 is 3.82. The average Bonchev–Trinajstić information content (AvgIpc) is 3.09. The number of rotatable bonds is 3. The summed E-state index contributed by atoms with van der Waals surface area (Å²) in [5.74, 6) is 1.41. The molecule has 1 aromatic carbocycles. The molecule has 1 unspecified atom stereocenters. The van der Waals surface area contributed by atoms with Crippen molar-refractivity contribution in [2.45, 2.75) is 90.6 Å². The Bertz CT molecular complexity index is 1490. The van der Waals surface area contributed by atoms with Crippen LogP contribution in [0.1, 0.15) is 84.5 Å². The fourth-order valence-electron chi connectivity index (χ4n) is 6.82. The van der Waals surface area contributed by atoms with E-state index in [0.29, 0.717) is 55.5 Å². The van der Waals surface area contributed by atoms with Gasteiger partial charge in [-0.05, 0) is 120 Å². The Morgan fingerprint density at radius 3 is 2.19 bits per heavy atom. The minimum absolute atomic E-state index is 0.238. The number of benzene rings is 1. The number of carbonyl (C=O) groups excluding carboxylic acids is 2. The van der Waals surface area contributed by atoms with E-state index in [2.05, 4.69) is 37.9 Å². The van der Waals surface area contributed by atoms with Crippen molar-refractivity contribution < 1.29 is 28.5 Å². The highest BCUT2D eigenvalue weighted by molar-refractivity contribution is 9.10. The number of carbonyl (C=O) groups is 2. The van der Waals surface area contributed by atoms with Crippen LogP contribution in [-0.4, -0.2) is 96.7 Å². The molecule has 256 valence electrons.